The number of esters is 2. The molecule has 8 heteroatoms. The van der Waals surface area contributed by atoms with Crippen LogP contribution in [0.25, 0.3) is 0 Å². The molecule has 1 heterocycles. The van der Waals surface area contributed by atoms with Gasteiger partial charge in [0.25, 0.3) is 5.91 Å². The van der Waals surface area contributed by atoms with Gasteiger partial charge < -0.3 is 24.0 Å². The summed E-state index contributed by atoms with van der Waals surface area (Å²) in [7, 11) is 2.80. The number of amides is 1. The average molecular weight is 484 g/mol. The van der Waals surface area contributed by atoms with Crippen LogP contribution in [-0.4, -0.2) is 62.2 Å². The molecule has 1 N–H and O–H groups in total. The third-order valence-corrected chi connectivity index (χ3v) is 6.79. The minimum Gasteiger partial charge on any atom is -0.497 e. The Morgan fingerprint density at radius 2 is 1.71 bits per heavy atom. The van der Waals surface area contributed by atoms with Crippen LogP contribution in [0.3, 0.4) is 0 Å². The summed E-state index contributed by atoms with van der Waals surface area (Å²) in [6.45, 7) is 5.37. The normalized spacial score (nSPS) is 15.5. The number of hydrogen-bond donors (Lipinski definition) is 1. The molecule has 1 atom stereocenters. The van der Waals surface area contributed by atoms with Crippen molar-refractivity contribution < 1.29 is 33.1 Å². The smallest absolute Gasteiger partial charge is 0.362 e. The zero-order chi connectivity index (χ0) is 25.4. The van der Waals surface area contributed by atoms with Gasteiger partial charge in [0.2, 0.25) is 0 Å². The van der Waals surface area contributed by atoms with Gasteiger partial charge in [0, 0.05) is 0 Å². The molecule has 1 aliphatic rings. The Hall–Kier alpha value is -3.39. The zero-order valence-corrected chi connectivity index (χ0v) is 21.0. The number of nitrogens with zero attached hydrogens (tertiary/aromatic N) is 1. The SMILES string of the molecule is COC(=O)c1cc(OC)cc(C)c1NC(=O)C(C)[N+]1(CC(=O)OCc2ccccc2)CCCCC1. The summed E-state index contributed by atoms with van der Waals surface area (Å²) in [6, 6.07) is 12.3. The molecule has 1 saturated heterocycles. The lowest BCUT2D eigenvalue weighted by Crippen LogP contribution is -2.63. The van der Waals surface area contributed by atoms with Gasteiger partial charge in [0.1, 0.15) is 12.4 Å². The average Bonchev–Trinajstić information content (AvgIpc) is 2.88. The topological polar surface area (TPSA) is 90.9 Å². The summed E-state index contributed by atoms with van der Waals surface area (Å²) in [5.74, 6) is -0.664. The van der Waals surface area contributed by atoms with E-state index in [4.69, 9.17) is 14.2 Å². The molecule has 0 radical (unpaired) electrons. The number of rotatable bonds is 9. The third kappa shape index (κ3) is 6.39. The number of hydrogen-bond acceptors (Lipinski definition) is 6. The van der Waals surface area contributed by atoms with Gasteiger partial charge in [-0.05, 0) is 56.4 Å². The fourth-order valence-electron chi connectivity index (χ4n) is 4.65. The number of benzene rings is 2. The van der Waals surface area contributed by atoms with Crippen LogP contribution in [0, 0.1) is 6.92 Å². The molecular weight excluding hydrogens is 448 g/mol. The molecule has 1 unspecified atom stereocenters. The maximum absolute atomic E-state index is 13.5. The quantitative estimate of drug-likeness (QED) is 0.430. The third-order valence-electron chi connectivity index (χ3n) is 6.79. The van der Waals surface area contributed by atoms with E-state index in [1.165, 1.54) is 14.2 Å². The fourth-order valence-corrected chi connectivity index (χ4v) is 4.65. The van der Waals surface area contributed by atoms with E-state index < -0.39 is 12.0 Å². The Labute approximate surface area is 206 Å². The molecule has 0 aliphatic carbocycles. The van der Waals surface area contributed by atoms with Gasteiger partial charge >= 0.3 is 11.9 Å². The Morgan fingerprint density at radius 1 is 1.03 bits per heavy atom. The number of ether oxygens (including phenoxy) is 3. The predicted molar refractivity (Wildman–Crippen MR) is 132 cm³/mol. The number of likely N-dealkylation sites (tertiary alicyclic amines) is 1. The minimum absolute atomic E-state index is 0.118. The number of anilines is 1. The van der Waals surface area contributed by atoms with E-state index in [0.717, 1.165) is 24.8 Å². The summed E-state index contributed by atoms with van der Waals surface area (Å²) in [6.07, 6.45) is 2.93. The standard InChI is InChI=1S/C27H34N2O6/c1-19-15-22(33-3)16-23(27(32)34-4)25(19)28-26(31)20(2)29(13-9-6-10-14-29)17-24(30)35-18-21-11-7-5-8-12-21/h5,7-8,11-12,15-16,20H,6,9-10,13-14,17-18H2,1-4H3/p+1. The van der Waals surface area contributed by atoms with Gasteiger partial charge in [0.15, 0.2) is 12.6 Å². The van der Waals surface area contributed by atoms with Crippen molar-refractivity contribution in [2.45, 2.75) is 45.8 Å². The summed E-state index contributed by atoms with van der Waals surface area (Å²) >= 11 is 0. The molecule has 0 spiro atoms. The van der Waals surface area contributed by atoms with Crippen molar-refractivity contribution in [2.75, 3.05) is 39.2 Å². The first-order chi connectivity index (χ1) is 16.8. The van der Waals surface area contributed by atoms with Gasteiger partial charge in [-0.1, -0.05) is 30.3 Å². The molecule has 188 valence electrons. The maximum Gasteiger partial charge on any atom is 0.362 e. The Balaban J connectivity index is 1.78. The van der Waals surface area contributed by atoms with E-state index in [9.17, 15) is 14.4 Å². The number of methoxy groups -OCH3 is 2. The molecule has 1 fully saturated rings. The highest BCUT2D eigenvalue weighted by molar-refractivity contribution is 6.03. The summed E-state index contributed by atoms with van der Waals surface area (Å²) in [5, 5.41) is 2.94. The highest BCUT2D eigenvalue weighted by Crippen LogP contribution is 2.29. The second kappa shape index (κ2) is 11.8. The van der Waals surface area contributed by atoms with Crippen molar-refractivity contribution in [3.63, 3.8) is 0 Å². The first-order valence-corrected chi connectivity index (χ1v) is 11.9. The first kappa shape index (κ1) is 26.2. The molecular formula is C27H35N2O6+. The van der Waals surface area contributed by atoms with Gasteiger partial charge in [0.05, 0.1) is 38.6 Å². The van der Waals surface area contributed by atoms with Crippen molar-refractivity contribution in [1.82, 2.24) is 0 Å². The lowest BCUT2D eigenvalue weighted by molar-refractivity contribution is -0.938. The highest BCUT2D eigenvalue weighted by atomic mass is 16.5. The molecule has 2 aromatic rings. The van der Waals surface area contributed by atoms with E-state index in [0.29, 0.717) is 34.6 Å². The molecule has 35 heavy (non-hydrogen) atoms. The lowest BCUT2D eigenvalue weighted by Gasteiger charge is -2.44. The zero-order valence-electron chi connectivity index (χ0n) is 21.0. The molecule has 8 nitrogen and oxygen atoms in total. The van der Waals surface area contributed by atoms with Crippen molar-refractivity contribution in [3.8, 4) is 5.75 Å². The molecule has 3 rings (SSSR count). The molecule has 0 saturated carbocycles. The van der Waals surface area contributed by atoms with Crippen LogP contribution in [0.4, 0.5) is 5.69 Å². The second-order valence-electron chi connectivity index (χ2n) is 9.05. The highest BCUT2D eigenvalue weighted by Gasteiger charge is 2.42. The molecule has 1 aliphatic heterocycles. The van der Waals surface area contributed by atoms with Crippen molar-refractivity contribution in [3.05, 3.63) is 59.2 Å². The van der Waals surface area contributed by atoms with Crippen LogP contribution in [-0.2, 0) is 25.7 Å². The number of nitrogens with one attached hydrogen (secondary N) is 1. The van der Waals surface area contributed by atoms with Crippen LogP contribution in [0.2, 0.25) is 0 Å². The fraction of sp³-hybridized carbons (Fsp3) is 0.444. The first-order valence-electron chi connectivity index (χ1n) is 11.9. The van der Waals surface area contributed by atoms with Crippen molar-refractivity contribution in [2.24, 2.45) is 0 Å². The van der Waals surface area contributed by atoms with Crippen LogP contribution in [0.5, 0.6) is 5.75 Å². The monoisotopic (exact) mass is 483 g/mol. The Morgan fingerprint density at radius 3 is 2.34 bits per heavy atom. The number of piperidine rings is 1. The summed E-state index contributed by atoms with van der Waals surface area (Å²) in [5.41, 5.74) is 2.20. The van der Waals surface area contributed by atoms with Gasteiger partial charge in [-0.25, -0.2) is 9.59 Å². The van der Waals surface area contributed by atoms with Crippen LogP contribution in [0.1, 0.15) is 47.7 Å². The lowest BCUT2D eigenvalue weighted by atomic mass is 10.0. The van der Waals surface area contributed by atoms with E-state index in [1.54, 1.807) is 19.1 Å². The van der Waals surface area contributed by atoms with Crippen LogP contribution < -0.4 is 10.1 Å². The van der Waals surface area contributed by atoms with Gasteiger partial charge in [-0.2, -0.15) is 0 Å². The van der Waals surface area contributed by atoms with E-state index in [-0.39, 0.29) is 30.6 Å². The molecule has 0 aromatic heterocycles. The molecule has 1 amide bonds. The van der Waals surface area contributed by atoms with Gasteiger partial charge in [-0.15, -0.1) is 0 Å². The second-order valence-corrected chi connectivity index (χ2v) is 9.05. The van der Waals surface area contributed by atoms with Gasteiger partial charge in [-0.3, -0.25) is 4.79 Å². The largest absolute Gasteiger partial charge is 0.497 e. The van der Waals surface area contributed by atoms with E-state index >= 15 is 0 Å². The van der Waals surface area contributed by atoms with Crippen molar-refractivity contribution >= 4 is 23.5 Å². The minimum atomic E-state index is -0.568. The number of aryl methyl sites for hydroxylation is 1. The van der Waals surface area contributed by atoms with Crippen molar-refractivity contribution in [1.29, 1.82) is 0 Å². The predicted octanol–water partition coefficient (Wildman–Crippen LogP) is 3.86. The molecule has 2 aromatic carbocycles. The summed E-state index contributed by atoms with van der Waals surface area (Å²) < 4.78 is 16.1. The van der Waals surface area contributed by atoms with Crippen LogP contribution in [0.15, 0.2) is 42.5 Å². The number of quaternary nitrogens is 1. The van der Waals surface area contributed by atoms with E-state index in [1.807, 2.05) is 37.3 Å². The number of carbonyl (C=O) groups is 3. The molecule has 0 bridgehead atoms. The van der Waals surface area contributed by atoms with E-state index in [2.05, 4.69) is 5.32 Å². The number of carbonyl (C=O) groups excluding carboxylic acids is 3. The Kier molecular flexibility index (Phi) is 8.87. The Bertz CT molecular complexity index is 1050. The summed E-state index contributed by atoms with van der Waals surface area (Å²) in [4.78, 5) is 38.7. The maximum atomic E-state index is 13.5. The van der Waals surface area contributed by atoms with Crippen LogP contribution >= 0.6 is 0 Å².